The number of carbonyl (C=O) groups is 3. The normalized spacial score (nSPS) is 10.3. The third-order valence-electron chi connectivity index (χ3n) is 2.07. The lowest BCUT2D eigenvalue weighted by Crippen LogP contribution is -2.38. The summed E-state index contributed by atoms with van der Waals surface area (Å²) in [6, 6.07) is 0.990. The number of carbonyl (C=O) groups excluding carboxylic acids is 2. The lowest BCUT2D eigenvalue weighted by Gasteiger charge is -2.07. The Morgan fingerprint density at radius 3 is 2.58 bits per heavy atom. The van der Waals surface area contributed by atoms with Crippen LogP contribution in [0.25, 0.3) is 0 Å². The highest BCUT2D eigenvalue weighted by Gasteiger charge is 2.16. The molecule has 8 heteroatoms. The Labute approximate surface area is 109 Å². The summed E-state index contributed by atoms with van der Waals surface area (Å²) >= 11 is 0. The predicted octanol–water partition coefficient (Wildman–Crippen LogP) is -0.125. The highest BCUT2D eigenvalue weighted by atomic mass is 16.5. The molecule has 0 spiro atoms. The highest BCUT2D eigenvalue weighted by molar-refractivity contribution is 5.96. The minimum atomic E-state index is -1.32. The van der Waals surface area contributed by atoms with Crippen LogP contribution in [-0.4, -0.2) is 41.1 Å². The van der Waals surface area contributed by atoms with Crippen molar-refractivity contribution in [2.24, 2.45) is 5.92 Å². The minimum Gasteiger partial charge on any atom is -0.475 e. The number of carboxylic acids is 1. The van der Waals surface area contributed by atoms with Gasteiger partial charge in [-0.1, -0.05) is 19.0 Å². The van der Waals surface area contributed by atoms with Crippen molar-refractivity contribution in [1.82, 2.24) is 15.8 Å². The van der Waals surface area contributed by atoms with Crippen molar-refractivity contribution in [2.45, 2.75) is 13.8 Å². The van der Waals surface area contributed by atoms with E-state index in [2.05, 4.69) is 20.3 Å². The average molecular weight is 269 g/mol. The van der Waals surface area contributed by atoms with Crippen LogP contribution in [-0.2, 0) is 4.79 Å². The molecule has 0 aromatic carbocycles. The fraction of sp³-hybridized carbons (Fsp3) is 0.455. The smallest absolute Gasteiger partial charge is 0.374 e. The predicted molar refractivity (Wildman–Crippen MR) is 63.6 cm³/mol. The zero-order valence-corrected chi connectivity index (χ0v) is 10.6. The molecule has 0 radical (unpaired) electrons. The van der Waals surface area contributed by atoms with Gasteiger partial charge in [-0.15, -0.1) is 0 Å². The van der Waals surface area contributed by atoms with E-state index in [-0.39, 0.29) is 18.1 Å². The number of hydrogen-bond donors (Lipinski definition) is 3. The van der Waals surface area contributed by atoms with Crippen LogP contribution in [0.2, 0.25) is 0 Å². The van der Waals surface area contributed by atoms with Gasteiger partial charge in [0.15, 0.2) is 5.69 Å². The summed E-state index contributed by atoms with van der Waals surface area (Å²) in [6.07, 6.45) is 0. The molecule has 1 aromatic rings. The first kappa shape index (κ1) is 14.7. The molecule has 0 saturated carbocycles. The zero-order chi connectivity index (χ0) is 14.4. The molecule has 19 heavy (non-hydrogen) atoms. The number of carboxylic acid groups (broad SMARTS) is 1. The van der Waals surface area contributed by atoms with Crippen molar-refractivity contribution < 1.29 is 24.0 Å². The molecule has 1 rings (SSSR count). The fourth-order valence-electron chi connectivity index (χ4n) is 1.11. The molecule has 3 N–H and O–H groups in total. The third-order valence-corrected chi connectivity index (χ3v) is 2.07. The Morgan fingerprint density at radius 2 is 2.05 bits per heavy atom. The van der Waals surface area contributed by atoms with E-state index in [1.807, 2.05) is 13.8 Å². The molecule has 0 bridgehead atoms. The number of aromatic nitrogens is 1. The van der Waals surface area contributed by atoms with Crippen LogP contribution in [0.3, 0.4) is 0 Å². The first-order valence-electron chi connectivity index (χ1n) is 5.65. The largest absolute Gasteiger partial charge is 0.475 e. The molecule has 0 aliphatic carbocycles. The summed E-state index contributed by atoms with van der Waals surface area (Å²) in [5.74, 6) is -2.44. The Balaban J connectivity index is 2.42. The van der Waals surface area contributed by atoms with Gasteiger partial charge in [0, 0.05) is 12.6 Å². The van der Waals surface area contributed by atoms with E-state index in [0.717, 1.165) is 6.07 Å². The van der Waals surface area contributed by atoms with Crippen molar-refractivity contribution in [3.8, 4) is 0 Å². The van der Waals surface area contributed by atoms with Gasteiger partial charge in [-0.3, -0.25) is 9.59 Å². The average Bonchev–Trinajstić information content (AvgIpc) is 2.83. The molecular formula is C11H15N3O5. The van der Waals surface area contributed by atoms with Gasteiger partial charge in [-0.05, 0) is 5.92 Å². The molecule has 0 unspecified atom stereocenters. The van der Waals surface area contributed by atoms with Crippen molar-refractivity contribution in [1.29, 1.82) is 0 Å². The van der Waals surface area contributed by atoms with E-state index in [1.165, 1.54) is 0 Å². The Morgan fingerprint density at radius 1 is 1.37 bits per heavy atom. The maximum Gasteiger partial charge on any atom is 0.374 e. The summed E-state index contributed by atoms with van der Waals surface area (Å²) < 4.78 is 4.42. The number of amides is 2. The fourth-order valence-corrected chi connectivity index (χ4v) is 1.11. The van der Waals surface area contributed by atoms with Gasteiger partial charge in [0.25, 0.3) is 5.91 Å². The number of rotatable bonds is 6. The van der Waals surface area contributed by atoms with E-state index in [1.54, 1.807) is 0 Å². The molecule has 0 saturated heterocycles. The van der Waals surface area contributed by atoms with Crippen LogP contribution in [0.15, 0.2) is 10.6 Å². The summed E-state index contributed by atoms with van der Waals surface area (Å²) in [6.45, 7) is 4.20. The second-order valence-electron chi connectivity index (χ2n) is 4.26. The monoisotopic (exact) mass is 269 g/mol. The molecule has 0 fully saturated rings. The molecule has 0 aliphatic heterocycles. The van der Waals surface area contributed by atoms with Crippen molar-refractivity contribution in [2.75, 3.05) is 13.1 Å². The van der Waals surface area contributed by atoms with Crippen LogP contribution in [0.4, 0.5) is 0 Å². The highest BCUT2D eigenvalue weighted by Crippen LogP contribution is 2.02. The van der Waals surface area contributed by atoms with E-state index < -0.39 is 17.6 Å². The van der Waals surface area contributed by atoms with E-state index >= 15 is 0 Å². The molecule has 0 atom stereocenters. The first-order valence-corrected chi connectivity index (χ1v) is 5.65. The minimum absolute atomic E-state index is 0.186. The van der Waals surface area contributed by atoms with Crippen LogP contribution >= 0.6 is 0 Å². The van der Waals surface area contributed by atoms with Gasteiger partial charge >= 0.3 is 5.97 Å². The maximum atomic E-state index is 11.5. The lowest BCUT2D eigenvalue weighted by molar-refractivity contribution is -0.120. The maximum absolute atomic E-state index is 11.5. The molecule has 104 valence electrons. The molecule has 1 aromatic heterocycles. The second-order valence-corrected chi connectivity index (χ2v) is 4.26. The molecule has 2 amide bonds. The number of nitrogens with one attached hydrogen (secondary N) is 2. The summed E-state index contributed by atoms with van der Waals surface area (Å²) in [5.41, 5.74) is -0.186. The van der Waals surface area contributed by atoms with Gasteiger partial charge in [-0.2, -0.15) is 0 Å². The SMILES string of the molecule is CC(C)CNC(=O)CNC(=O)c1cc(C(=O)O)on1. The Kier molecular flexibility index (Phi) is 5.04. The number of nitrogens with zero attached hydrogens (tertiary/aromatic N) is 1. The van der Waals surface area contributed by atoms with Crippen LogP contribution in [0.1, 0.15) is 34.9 Å². The number of aromatic carboxylic acids is 1. The van der Waals surface area contributed by atoms with E-state index in [0.29, 0.717) is 12.5 Å². The van der Waals surface area contributed by atoms with Crippen LogP contribution < -0.4 is 10.6 Å². The van der Waals surface area contributed by atoms with Gasteiger partial charge in [0.05, 0.1) is 6.54 Å². The second kappa shape index (κ2) is 6.53. The van der Waals surface area contributed by atoms with E-state index in [9.17, 15) is 14.4 Å². The van der Waals surface area contributed by atoms with Gasteiger partial charge < -0.3 is 20.3 Å². The van der Waals surface area contributed by atoms with Crippen LogP contribution in [0, 0.1) is 5.92 Å². The van der Waals surface area contributed by atoms with Crippen molar-refractivity contribution >= 4 is 17.8 Å². The summed E-state index contributed by atoms with van der Waals surface area (Å²) in [7, 11) is 0. The Bertz CT molecular complexity index is 480. The topological polar surface area (TPSA) is 122 Å². The number of hydrogen-bond acceptors (Lipinski definition) is 5. The molecular weight excluding hydrogens is 254 g/mol. The van der Waals surface area contributed by atoms with Crippen molar-refractivity contribution in [3.05, 3.63) is 17.5 Å². The summed E-state index contributed by atoms with van der Waals surface area (Å²) in [4.78, 5) is 33.4. The quantitative estimate of drug-likeness (QED) is 0.661. The molecule has 0 aliphatic rings. The van der Waals surface area contributed by atoms with E-state index in [4.69, 9.17) is 5.11 Å². The lowest BCUT2D eigenvalue weighted by atomic mass is 10.2. The standard InChI is InChI=1S/C11H15N3O5/c1-6(2)4-12-9(15)5-13-10(16)7-3-8(11(17)18)19-14-7/h3,6H,4-5H2,1-2H3,(H,12,15)(H,13,16)(H,17,18). The Hall–Kier alpha value is -2.38. The van der Waals surface area contributed by atoms with Crippen LogP contribution in [0.5, 0.6) is 0 Å². The van der Waals surface area contributed by atoms with Gasteiger partial charge in [-0.25, -0.2) is 4.79 Å². The van der Waals surface area contributed by atoms with Gasteiger partial charge in [0.2, 0.25) is 11.7 Å². The molecule has 1 heterocycles. The van der Waals surface area contributed by atoms with Gasteiger partial charge in [0.1, 0.15) is 0 Å². The zero-order valence-electron chi connectivity index (χ0n) is 10.6. The van der Waals surface area contributed by atoms with Crippen molar-refractivity contribution in [3.63, 3.8) is 0 Å². The first-order chi connectivity index (χ1) is 8.90. The summed E-state index contributed by atoms with van der Waals surface area (Å²) in [5, 5.41) is 16.8. The molecule has 8 nitrogen and oxygen atoms in total. The third kappa shape index (κ3) is 4.78.